The fraction of sp³-hybridized carbons (Fsp3) is 0.190. The molecule has 0 saturated heterocycles. The van der Waals surface area contributed by atoms with Crippen LogP contribution in [0.5, 0.6) is 11.5 Å². The molecule has 132 valence electrons. The van der Waals surface area contributed by atoms with Crippen LogP contribution in [0.25, 0.3) is 28.4 Å². The molecule has 4 nitrogen and oxygen atoms in total. The number of rotatable bonds is 2. The lowest BCUT2D eigenvalue weighted by Crippen LogP contribution is -2.27. The van der Waals surface area contributed by atoms with Crippen molar-refractivity contribution in [3.8, 4) is 22.8 Å². The highest BCUT2D eigenvalue weighted by Crippen LogP contribution is 2.41. The van der Waals surface area contributed by atoms with E-state index < -0.39 is 5.60 Å². The van der Waals surface area contributed by atoms with Gasteiger partial charge in [0.25, 0.3) is 0 Å². The lowest BCUT2D eigenvalue weighted by molar-refractivity contribution is 0.158. The van der Waals surface area contributed by atoms with Crippen molar-refractivity contribution in [2.24, 2.45) is 0 Å². The van der Waals surface area contributed by atoms with Crippen LogP contribution in [-0.4, -0.2) is 12.7 Å². The van der Waals surface area contributed by atoms with Crippen LogP contribution in [0.2, 0.25) is 5.02 Å². The molecule has 1 aliphatic rings. The van der Waals surface area contributed by atoms with Crippen LogP contribution in [-0.2, 0) is 0 Å². The van der Waals surface area contributed by atoms with Gasteiger partial charge in [0.2, 0.25) is 0 Å². The molecule has 0 fully saturated rings. The average Bonchev–Trinajstić information content (AvgIpc) is 2.60. The predicted octanol–water partition coefficient (Wildman–Crippen LogP) is 5.31. The maximum atomic E-state index is 12.8. The first-order valence-corrected chi connectivity index (χ1v) is 8.59. The van der Waals surface area contributed by atoms with Crippen molar-refractivity contribution in [1.29, 1.82) is 0 Å². The Labute approximate surface area is 155 Å². The highest BCUT2D eigenvalue weighted by molar-refractivity contribution is 6.33. The van der Waals surface area contributed by atoms with Gasteiger partial charge in [-0.3, -0.25) is 4.79 Å². The zero-order valence-corrected chi connectivity index (χ0v) is 15.4. The molecular weight excluding hydrogens is 352 g/mol. The molecule has 0 saturated carbocycles. The van der Waals surface area contributed by atoms with Crippen molar-refractivity contribution < 1.29 is 13.9 Å². The molecule has 4 rings (SSSR count). The maximum Gasteiger partial charge on any atom is 0.197 e. The Hall–Kier alpha value is -2.72. The molecule has 0 bridgehead atoms. The van der Waals surface area contributed by atoms with Crippen molar-refractivity contribution in [1.82, 2.24) is 0 Å². The first kappa shape index (κ1) is 16.7. The largest absolute Gasteiger partial charge is 0.496 e. The Morgan fingerprint density at radius 1 is 1.15 bits per heavy atom. The van der Waals surface area contributed by atoms with Gasteiger partial charge in [0.15, 0.2) is 11.0 Å². The van der Waals surface area contributed by atoms with E-state index in [0.717, 1.165) is 0 Å². The van der Waals surface area contributed by atoms with E-state index in [1.54, 1.807) is 12.1 Å². The summed E-state index contributed by atoms with van der Waals surface area (Å²) in [5.74, 6) is 1.44. The summed E-state index contributed by atoms with van der Waals surface area (Å²) in [5.41, 5.74) is 1.15. The van der Waals surface area contributed by atoms with Gasteiger partial charge >= 0.3 is 0 Å². The molecule has 2 heterocycles. The molecule has 26 heavy (non-hydrogen) atoms. The lowest BCUT2D eigenvalue weighted by atomic mass is 9.99. The van der Waals surface area contributed by atoms with Crippen molar-refractivity contribution in [3.63, 3.8) is 0 Å². The van der Waals surface area contributed by atoms with Crippen LogP contribution in [0.15, 0.2) is 51.7 Å². The van der Waals surface area contributed by atoms with Gasteiger partial charge in [-0.25, -0.2) is 0 Å². The molecule has 0 spiro atoms. The molecule has 0 N–H and O–H groups in total. The minimum atomic E-state index is -0.452. The molecule has 0 radical (unpaired) electrons. The molecule has 1 aromatic heterocycles. The van der Waals surface area contributed by atoms with Crippen molar-refractivity contribution >= 4 is 28.6 Å². The minimum absolute atomic E-state index is 0.195. The fourth-order valence-electron chi connectivity index (χ4n) is 3.10. The Bertz CT molecular complexity index is 1110. The van der Waals surface area contributed by atoms with E-state index in [1.165, 1.54) is 13.2 Å². The van der Waals surface area contributed by atoms with Gasteiger partial charge in [-0.1, -0.05) is 23.7 Å². The summed E-state index contributed by atoms with van der Waals surface area (Å²) in [5, 5.41) is 0.898. The molecule has 0 atom stereocenters. The summed E-state index contributed by atoms with van der Waals surface area (Å²) in [6, 6.07) is 10.4. The summed E-state index contributed by atoms with van der Waals surface area (Å²) in [4.78, 5) is 12.8. The van der Waals surface area contributed by atoms with Crippen LogP contribution in [0, 0.1) is 0 Å². The Morgan fingerprint density at radius 2 is 1.92 bits per heavy atom. The summed E-state index contributed by atoms with van der Waals surface area (Å²) in [7, 11) is 1.52. The van der Waals surface area contributed by atoms with E-state index in [0.29, 0.717) is 44.4 Å². The topological polar surface area (TPSA) is 48.7 Å². The second kappa shape index (κ2) is 5.92. The van der Waals surface area contributed by atoms with Crippen molar-refractivity contribution in [2.75, 3.05) is 7.11 Å². The molecular formula is C21H17ClO4. The number of ether oxygens (including phenoxy) is 2. The second-order valence-corrected chi connectivity index (χ2v) is 7.10. The molecule has 5 heteroatoms. The number of hydrogen-bond donors (Lipinski definition) is 0. The first-order valence-electron chi connectivity index (χ1n) is 8.21. The van der Waals surface area contributed by atoms with Gasteiger partial charge in [0.1, 0.15) is 28.2 Å². The summed E-state index contributed by atoms with van der Waals surface area (Å²) < 4.78 is 17.6. The zero-order valence-electron chi connectivity index (χ0n) is 14.6. The molecule has 0 amide bonds. The van der Waals surface area contributed by atoms with Gasteiger partial charge in [-0.15, -0.1) is 0 Å². The monoisotopic (exact) mass is 368 g/mol. The normalized spacial score (nSPS) is 14.8. The SMILES string of the molecule is COc1cc2c(c3oc(-c4ccccc4Cl)cc(=O)c13)C=CC(C)(C)O2. The molecule has 0 aliphatic carbocycles. The van der Waals surface area contributed by atoms with E-state index >= 15 is 0 Å². The standard InChI is InChI=1S/C21H17ClO4/c1-21(2)9-8-13-17(26-21)11-18(24-3)19-15(23)10-16(25-20(13)19)12-6-4-5-7-14(12)22/h4-11H,1-3H3. The van der Waals surface area contributed by atoms with Crippen LogP contribution < -0.4 is 14.9 Å². The molecule has 3 aromatic rings. The smallest absolute Gasteiger partial charge is 0.197 e. The van der Waals surface area contributed by atoms with Crippen molar-refractivity contribution in [2.45, 2.75) is 19.4 Å². The Kier molecular flexibility index (Phi) is 3.81. The minimum Gasteiger partial charge on any atom is -0.496 e. The number of methoxy groups -OCH3 is 1. The maximum absolute atomic E-state index is 12.8. The van der Waals surface area contributed by atoms with E-state index in [-0.39, 0.29) is 5.43 Å². The highest BCUT2D eigenvalue weighted by atomic mass is 35.5. The van der Waals surface area contributed by atoms with Gasteiger partial charge in [0.05, 0.1) is 17.7 Å². The third-order valence-electron chi connectivity index (χ3n) is 4.35. The molecule has 2 aromatic carbocycles. The van der Waals surface area contributed by atoms with Gasteiger partial charge in [-0.2, -0.15) is 0 Å². The first-order chi connectivity index (χ1) is 12.4. The van der Waals surface area contributed by atoms with Crippen LogP contribution in [0.1, 0.15) is 19.4 Å². The number of halogens is 1. The third kappa shape index (κ3) is 2.67. The van der Waals surface area contributed by atoms with E-state index in [4.69, 9.17) is 25.5 Å². The summed E-state index contributed by atoms with van der Waals surface area (Å²) in [6.45, 7) is 3.92. The molecule has 0 unspecified atom stereocenters. The van der Waals surface area contributed by atoms with Gasteiger partial charge < -0.3 is 13.9 Å². The Balaban J connectivity index is 2.07. The second-order valence-electron chi connectivity index (χ2n) is 6.69. The fourth-order valence-corrected chi connectivity index (χ4v) is 3.32. The predicted molar refractivity (Wildman–Crippen MR) is 103 cm³/mol. The highest BCUT2D eigenvalue weighted by Gasteiger charge is 2.27. The van der Waals surface area contributed by atoms with Crippen LogP contribution in [0.3, 0.4) is 0 Å². The van der Waals surface area contributed by atoms with Gasteiger partial charge in [-0.05, 0) is 38.1 Å². The average molecular weight is 369 g/mol. The van der Waals surface area contributed by atoms with Crippen molar-refractivity contribution in [3.05, 3.63) is 63.3 Å². The Morgan fingerprint density at radius 3 is 2.65 bits per heavy atom. The number of benzene rings is 2. The number of hydrogen-bond acceptors (Lipinski definition) is 4. The van der Waals surface area contributed by atoms with Crippen LogP contribution in [0.4, 0.5) is 0 Å². The van der Waals surface area contributed by atoms with Gasteiger partial charge in [0, 0.05) is 17.7 Å². The number of fused-ring (bicyclic) bond motifs is 3. The van der Waals surface area contributed by atoms with Crippen LogP contribution >= 0.6 is 11.6 Å². The molecule has 1 aliphatic heterocycles. The third-order valence-corrected chi connectivity index (χ3v) is 4.68. The zero-order chi connectivity index (χ0) is 18.5. The van der Waals surface area contributed by atoms with E-state index in [2.05, 4.69) is 0 Å². The lowest BCUT2D eigenvalue weighted by Gasteiger charge is -2.28. The van der Waals surface area contributed by atoms with E-state index in [1.807, 2.05) is 44.2 Å². The summed E-state index contributed by atoms with van der Waals surface area (Å²) in [6.07, 6.45) is 3.85. The summed E-state index contributed by atoms with van der Waals surface area (Å²) >= 11 is 6.28. The quantitative estimate of drug-likeness (QED) is 0.615. The van der Waals surface area contributed by atoms with E-state index in [9.17, 15) is 4.79 Å².